The molecule has 0 saturated carbocycles. The van der Waals surface area contributed by atoms with E-state index in [-0.39, 0.29) is 5.97 Å². The fourth-order valence-corrected chi connectivity index (χ4v) is 1.28. The normalized spacial score (nSPS) is 10.9. The molecule has 4 heteroatoms. The molecule has 0 spiro atoms. The van der Waals surface area contributed by atoms with E-state index in [0.717, 1.165) is 5.56 Å². The van der Waals surface area contributed by atoms with E-state index < -0.39 is 5.41 Å². The molecule has 0 fully saturated rings. The number of ether oxygens (including phenoxy) is 2. The van der Waals surface area contributed by atoms with Crippen molar-refractivity contribution >= 4 is 5.97 Å². The molecule has 1 heterocycles. The minimum absolute atomic E-state index is 0.282. The fourth-order valence-electron chi connectivity index (χ4n) is 1.28. The molecule has 0 amide bonds. The zero-order valence-electron chi connectivity index (χ0n) is 9.40. The largest absolute Gasteiger partial charge is 0.481 e. The molecule has 0 unspecified atom stereocenters. The van der Waals surface area contributed by atoms with Gasteiger partial charge in [0.05, 0.1) is 19.6 Å². The quantitative estimate of drug-likeness (QED) is 0.708. The molecule has 0 aromatic carbocycles. The maximum absolute atomic E-state index is 11.6. The first kappa shape index (κ1) is 11.5. The van der Waals surface area contributed by atoms with Crippen LogP contribution >= 0.6 is 0 Å². The van der Waals surface area contributed by atoms with E-state index in [1.165, 1.54) is 14.2 Å². The van der Waals surface area contributed by atoms with Crippen molar-refractivity contribution in [3.63, 3.8) is 0 Å². The van der Waals surface area contributed by atoms with Crippen molar-refractivity contribution in [1.82, 2.24) is 4.98 Å². The molecule has 1 rings (SSSR count). The summed E-state index contributed by atoms with van der Waals surface area (Å²) in [6.07, 6.45) is 1.61. The Balaban J connectivity index is 3.09. The van der Waals surface area contributed by atoms with Gasteiger partial charge >= 0.3 is 5.97 Å². The standard InChI is InChI=1S/C11H15NO3/c1-11(2,10(13)15-4)8-5-6-12-9(7-8)14-3/h5-7H,1-4H3. The molecule has 1 aromatic heterocycles. The van der Waals surface area contributed by atoms with Gasteiger partial charge in [-0.2, -0.15) is 0 Å². The molecule has 0 aliphatic carbocycles. The van der Waals surface area contributed by atoms with E-state index in [0.29, 0.717) is 5.88 Å². The smallest absolute Gasteiger partial charge is 0.315 e. The van der Waals surface area contributed by atoms with E-state index >= 15 is 0 Å². The number of pyridine rings is 1. The number of carbonyl (C=O) groups is 1. The SMILES string of the molecule is COC(=O)C(C)(C)c1ccnc(OC)c1. The molecule has 0 radical (unpaired) electrons. The lowest BCUT2D eigenvalue weighted by Crippen LogP contribution is -2.30. The number of carbonyl (C=O) groups excluding carboxylic acids is 1. The molecule has 82 valence electrons. The summed E-state index contributed by atoms with van der Waals surface area (Å²) in [4.78, 5) is 15.5. The van der Waals surface area contributed by atoms with Crippen LogP contribution in [0.5, 0.6) is 5.88 Å². The summed E-state index contributed by atoms with van der Waals surface area (Å²) in [5.74, 6) is 0.209. The van der Waals surface area contributed by atoms with Gasteiger partial charge in [-0.3, -0.25) is 4.79 Å². The molecule has 0 atom stereocenters. The number of nitrogens with zero attached hydrogens (tertiary/aromatic N) is 1. The Kier molecular flexibility index (Phi) is 3.29. The Morgan fingerprint density at radius 3 is 2.60 bits per heavy atom. The number of hydrogen-bond donors (Lipinski definition) is 0. The molecule has 0 saturated heterocycles. The molecular weight excluding hydrogens is 194 g/mol. The zero-order valence-corrected chi connectivity index (χ0v) is 9.40. The maximum Gasteiger partial charge on any atom is 0.315 e. The Hall–Kier alpha value is -1.58. The molecule has 4 nitrogen and oxygen atoms in total. The monoisotopic (exact) mass is 209 g/mol. The van der Waals surface area contributed by atoms with Crippen molar-refractivity contribution in [3.8, 4) is 5.88 Å². The molecule has 15 heavy (non-hydrogen) atoms. The fraction of sp³-hybridized carbons (Fsp3) is 0.455. The van der Waals surface area contributed by atoms with Gasteiger partial charge in [0.15, 0.2) is 0 Å². The summed E-state index contributed by atoms with van der Waals surface area (Å²) >= 11 is 0. The average molecular weight is 209 g/mol. The van der Waals surface area contributed by atoms with Gasteiger partial charge in [0.1, 0.15) is 0 Å². The van der Waals surface area contributed by atoms with Crippen molar-refractivity contribution in [2.24, 2.45) is 0 Å². The van der Waals surface area contributed by atoms with Gasteiger partial charge in [0, 0.05) is 12.3 Å². The second kappa shape index (κ2) is 4.29. The summed E-state index contributed by atoms with van der Waals surface area (Å²) < 4.78 is 9.74. The van der Waals surface area contributed by atoms with Crippen molar-refractivity contribution < 1.29 is 14.3 Å². The summed E-state index contributed by atoms with van der Waals surface area (Å²) in [6.45, 7) is 3.60. The van der Waals surface area contributed by atoms with Crippen molar-refractivity contribution in [2.75, 3.05) is 14.2 Å². The van der Waals surface area contributed by atoms with E-state index in [1.807, 2.05) is 0 Å². The van der Waals surface area contributed by atoms with Crippen LogP contribution < -0.4 is 4.74 Å². The van der Waals surface area contributed by atoms with Gasteiger partial charge in [-0.15, -0.1) is 0 Å². The first-order chi connectivity index (χ1) is 7.02. The highest BCUT2D eigenvalue weighted by Crippen LogP contribution is 2.26. The van der Waals surface area contributed by atoms with Crippen LogP contribution in [0.25, 0.3) is 0 Å². The Labute approximate surface area is 89.2 Å². The first-order valence-electron chi connectivity index (χ1n) is 4.61. The number of methoxy groups -OCH3 is 2. The van der Waals surface area contributed by atoms with Crippen molar-refractivity contribution in [3.05, 3.63) is 23.9 Å². The van der Waals surface area contributed by atoms with Crippen LogP contribution in [0.2, 0.25) is 0 Å². The highest BCUT2D eigenvalue weighted by atomic mass is 16.5. The van der Waals surface area contributed by atoms with Crippen LogP contribution in [0.1, 0.15) is 19.4 Å². The Bertz CT molecular complexity index is 361. The molecular formula is C11H15NO3. The number of aromatic nitrogens is 1. The van der Waals surface area contributed by atoms with Crippen molar-refractivity contribution in [2.45, 2.75) is 19.3 Å². The summed E-state index contributed by atoms with van der Waals surface area (Å²) in [5.41, 5.74) is 0.131. The third kappa shape index (κ3) is 2.26. The molecule has 0 aliphatic rings. The topological polar surface area (TPSA) is 48.4 Å². The molecule has 0 bridgehead atoms. The maximum atomic E-state index is 11.6. The lowest BCUT2D eigenvalue weighted by atomic mass is 9.85. The highest BCUT2D eigenvalue weighted by molar-refractivity contribution is 5.82. The number of esters is 1. The third-order valence-electron chi connectivity index (χ3n) is 2.36. The van der Waals surface area contributed by atoms with Gasteiger partial charge in [-0.25, -0.2) is 4.98 Å². The summed E-state index contributed by atoms with van der Waals surface area (Å²) in [7, 11) is 2.92. The zero-order chi connectivity index (χ0) is 11.5. The minimum atomic E-state index is -0.690. The highest BCUT2D eigenvalue weighted by Gasteiger charge is 2.31. The van der Waals surface area contributed by atoms with Gasteiger partial charge in [0.25, 0.3) is 0 Å². The average Bonchev–Trinajstić information content (AvgIpc) is 2.27. The second-order valence-corrected chi connectivity index (χ2v) is 3.70. The van der Waals surface area contributed by atoms with Crippen LogP contribution in [-0.2, 0) is 14.9 Å². The van der Waals surface area contributed by atoms with Crippen LogP contribution in [0.3, 0.4) is 0 Å². The Morgan fingerprint density at radius 2 is 2.07 bits per heavy atom. The van der Waals surface area contributed by atoms with Gasteiger partial charge in [0.2, 0.25) is 5.88 Å². The van der Waals surface area contributed by atoms with Crippen LogP contribution in [-0.4, -0.2) is 25.2 Å². The predicted octanol–water partition coefficient (Wildman–Crippen LogP) is 1.54. The van der Waals surface area contributed by atoms with Gasteiger partial charge in [-0.1, -0.05) is 0 Å². The van der Waals surface area contributed by atoms with Crippen LogP contribution in [0.15, 0.2) is 18.3 Å². The predicted molar refractivity (Wildman–Crippen MR) is 55.8 cm³/mol. The van der Waals surface area contributed by atoms with Crippen molar-refractivity contribution in [1.29, 1.82) is 0 Å². The van der Waals surface area contributed by atoms with Gasteiger partial charge < -0.3 is 9.47 Å². The first-order valence-corrected chi connectivity index (χ1v) is 4.61. The second-order valence-electron chi connectivity index (χ2n) is 3.70. The van der Waals surface area contributed by atoms with E-state index in [1.54, 1.807) is 32.2 Å². The van der Waals surface area contributed by atoms with E-state index in [2.05, 4.69) is 4.98 Å². The van der Waals surface area contributed by atoms with Gasteiger partial charge in [-0.05, 0) is 25.5 Å². The number of hydrogen-bond acceptors (Lipinski definition) is 4. The Morgan fingerprint density at radius 1 is 1.40 bits per heavy atom. The lowest BCUT2D eigenvalue weighted by molar-refractivity contribution is -0.146. The van der Waals surface area contributed by atoms with Crippen LogP contribution in [0, 0.1) is 0 Å². The summed E-state index contributed by atoms with van der Waals surface area (Å²) in [5, 5.41) is 0. The molecule has 1 aromatic rings. The van der Waals surface area contributed by atoms with Crippen LogP contribution in [0.4, 0.5) is 0 Å². The number of rotatable bonds is 3. The third-order valence-corrected chi connectivity index (χ3v) is 2.36. The summed E-state index contributed by atoms with van der Waals surface area (Å²) in [6, 6.07) is 3.51. The van der Waals surface area contributed by atoms with E-state index in [9.17, 15) is 4.79 Å². The van der Waals surface area contributed by atoms with E-state index in [4.69, 9.17) is 9.47 Å². The molecule has 0 aliphatic heterocycles. The lowest BCUT2D eigenvalue weighted by Gasteiger charge is -2.21. The minimum Gasteiger partial charge on any atom is -0.481 e. The molecule has 0 N–H and O–H groups in total.